The maximum absolute atomic E-state index is 12.0. The summed E-state index contributed by atoms with van der Waals surface area (Å²) in [6, 6.07) is 0. The van der Waals surface area contributed by atoms with Crippen molar-refractivity contribution < 1.29 is 9.53 Å². The van der Waals surface area contributed by atoms with E-state index in [0.29, 0.717) is 0 Å². The molecule has 0 aromatic carbocycles. The molecule has 0 amide bonds. The Balaban J connectivity index is 1.40. The Morgan fingerprint density at radius 1 is 1.19 bits per heavy atom. The zero-order valence-corrected chi connectivity index (χ0v) is 15.7. The molecule has 6 rings (SSSR count). The van der Waals surface area contributed by atoms with E-state index in [1.54, 1.807) is 11.6 Å². The molecule has 3 nitrogen and oxygen atoms in total. The van der Waals surface area contributed by atoms with Crippen molar-refractivity contribution in [2.45, 2.75) is 63.9 Å². The summed E-state index contributed by atoms with van der Waals surface area (Å²) in [5.41, 5.74) is 2.38. The summed E-state index contributed by atoms with van der Waals surface area (Å²) < 4.78 is 6.03. The van der Waals surface area contributed by atoms with Gasteiger partial charge in [0.05, 0.1) is 0 Å². The van der Waals surface area contributed by atoms with Crippen molar-refractivity contribution in [2.24, 2.45) is 40.9 Å². The third-order valence-electron chi connectivity index (χ3n) is 9.44. The van der Waals surface area contributed by atoms with Gasteiger partial charge in [0.15, 0.2) is 0 Å². The van der Waals surface area contributed by atoms with Gasteiger partial charge < -0.3 is 10.1 Å². The molecular formula is C23H29NO2. The molecule has 6 aliphatic rings. The molecule has 3 heteroatoms. The number of ether oxygens (including phenoxy) is 1. The maximum Gasteiger partial charge on any atom is 0.331 e. The minimum absolute atomic E-state index is 0.121. The van der Waals surface area contributed by atoms with E-state index in [9.17, 15) is 4.79 Å². The number of hydrogen-bond donors (Lipinski definition) is 1. The predicted molar refractivity (Wildman–Crippen MR) is 99.8 cm³/mol. The van der Waals surface area contributed by atoms with Gasteiger partial charge >= 0.3 is 5.97 Å². The summed E-state index contributed by atoms with van der Waals surface area (Å²) in [4.78, 5) is 12.0. The van der Waals surface area contributed by atoms with Gasteiger partial charge in [-0.05, 0) is 99.0 Å². The normalized spacial score (nSPS) is 53.5. The maximum atomic E-state index is 12.0. The molecule has 1 heterocycles. The molecule has 4 fully saturated rings. The average Bonchev–Trinajstić information content (AvgIpc) is 3.27. The fraction of sp³-hybridized carbons (Fsp3) is 0.739. The lowest BCUT2D eigenvalue weighted by molar-refractivity contribution is -0.165. The summed E-state index contributed by atoms with van der Waals surface area (Å²) in [6.45, 7) is 2.33. The van der Waals surface area contributed by atoms with E-state index in [2.05, 4.69) is 19.1 Å². The van der Waals surface area contributed by atoms with Crippen LogP contribution in [-0.4, -0.2) is 17.3 Å². The van der Waals surface area contributed by atoms with Crippen LogP contribution in [0.25, 0.3) is 0 Å². The third kappa shape index (κ3) is 1.71. The standard InChI is InChI=1S/C23H29NO2/c1-2-22-8-5-15-14-4-3-13(24)11-16(14)17-12-18(17)21(15)19(22)6-9-23(22)10-7-20(25)26-23/h7,10-11,14-15,17-19,21,24H,2-6,8-9,12H2,1H3/t14-,15?,17?,18?,19?,21?,22+,23-/m1/s1. The largest absolute Gasteiger partial charge is 0.451 e. The fourth-order valence-electron chi connectivity index (χ4n) is 8.48. The Morgan fingerprint density at radius 2 is 2.08 bits per heavy atom. The molecule has 8 atom stereocenters. The van der Waals surface area contributed by atoms with Crippen LogP contribution in [0.2, 0.25) is 0 Å². The van der Waals surface area contributed by atoms with Crippen molar-refractivity contribution in [1.82, 2.24) is 0 Å². The van der Waals surface area contributed by atoms with Gasteiger partial charge in [-0.1, -0.05) is 12.5 Å². The highest BCUT2D eigenvalue weighted by atomic mass is 16.6. The quantitative estimate of drug-likeness (QED) is 0.698. The van der Waals surface area contributed by atoms with E-state index in [-0.39, 0.29) is 17.0 Å². The minimum Gasteiger partial charge on any atom is -0.451 e. The number of hydrogen-bond acceptors (Lipinski definition) is 3. The second-order valence-corrected chi connectivity index (χ2v) is 9.90. The van der Waals surface area contributed by atoms with Crippen LogP contribution in [0.3, 0.4) is 0 Å². The molecule has 138 valence electrons. The Hall–Kier alpha value is -1.38. The lowest BCUT2D eigenvalue weighted by Gasteiger charge is -2.56. The number of carbonyl (C=O) groups is 1. The van der Waals surface area contributed by atoms with E-state index in [1.165, 1.54) is 32.1 Å². The molecule has 26 heavy (non-hydrogen) atoms. The van der Waals surface area contributed by atoms with Crippen molar-refractivity contribution in [2.75, 3.05) is 0 Å². The Labute approximate surface area is 155 Å². The van der Waals surface area contributed by atoms with Gasteiger partial charge in [0.2, 0.25) is 0 Å². The Bertz CT molecular complexity index is 766. The highest BCUT2D eigenvalue weighted by Crippen LogP contribution is 2.73. The molecule has 0 saturated heterocycles. The fourth-order valence-corrected chi connectivity index (χ4v) is 8.48. The second kappa shape index (κ2) is 4.91. The first-order valence-corrected chi connectivity index (χ1v) is 10.8. The van der Waals surface area contributed by atoms with Crippen LogP contribution in [0.4, 0.5) is 0 Å². The second-order valence-electron chi connectivity index (χ2n) is 9.90. The lowest BCUT2D eigenvalue weighted by Crippen LogP contribution is -2.54. The van der Waals surface area contributed by atoms with E-state index >= 15 is 0 Å². The van der Waals surface area contributed by atoms with E-state index < -0.39 is 0 Å². The van der Waals surface area contributed by atoms with Crippen LogP contribution in [0.15, 0.2) is 23.8 Å². The Kier molecular flexibility index (Phi) is 2.96. The zero-order chi connectivity index (χ0) is 17.7. The van der Waals surface area contributed by atoms with Crippen LogP contribution in [0.1, 0.15) is 58.3 Å². The van der Waals surface area contributed by atoms with Crippen LogP contribution in [0.5, 0.6) is 0 Å². The summed E-state index contributed by atoms with van der Waals surface area (Å²) in [5, 5.41) is 8.13. The van der Waals surface area contributed by atoms with Gasteiger partial charge in [0.1, 0.15) is 5.60 Å². The number of esters is 1. The van der Waals surface area contributed by atoms with Gasteiger partial charge in [-0.2, -0.15) is 0 Å². The summed E-state index contributed by atoms with van der Waals surface area (Å²) in [5.74, 6) is 4.61. The van der Waals surface area contributed by atoms with E-state index in [4.69, 9.17) is 10.1 Å². The molecule has 0 aromatic rings. The molecule has 4 saturated carbocycles. The van der Waals surface area contributed by atoms with Gasteiger partial charge in [-0.15, -0.1) is 0 Å². The lowest BCUT2D eigenvalue weighted by atomic mass is 9.49. The van der Waals surface area contributed by atoms with Crippen molar-refractivity contribution in [3.8, 4) is 0 Å². The highest BCUT2D eigenvalue weighted by molar-refractivity contribution is 5.94. The third-order valence-corrected chi connectivity index (χ3v) is 9.44. The van der Waals surface area contributed by atoms with Gasteiger partial charge in [0.25, 0.3) is 0 Å². The van der Waals surface area contributed by atoms with Crippen molar-refractivity contribution in [3.63, 3.8) is 0 Å². The number of fused-ring (bicyclic) bond motifs is 9. The zero-order valence-electron chi connectivity index (χ0n) is 15.7. The molecule has 0 radical (unpaired) electrons. The van der Waals surface area contributed by atoms with Crippen molar-refractivity contribution >= 4 is 11.7 Å². The molecule has 0 bridgehead atoms. The van der Waals surface area contributed by atoms with Crippen LogP contribution >= 0.6 is 0 Å². The highest BCUT2D eigenvalue weighted by Gasteiger charge is 2.70. The van der Waals surface area contributed by atoms with E-state index in [1.807, 2.05) is 0 Å². The molecule has 1 N–H and O–H groups in total. The van der Waals surface area contributed by atoms with Gasteiger partial charge in [-0.25, -0.2) is 4.79 Å². The average molecular weight is 351 g/mol. The first-order valence-electron chi connectivity index (χ1n) is 10.8. The molecule has 5 unspecified atom stereocenters. The number of carbonyl (C=O) groups excluding carboxylic acids is 1. The first kappa shape index (κ1) is 15.7. The molecule has 1 spiro atoms. The number of rotatable bonds is 1. The van der Waals surface area contributed by atoms with E-state index in [0.717, 1.165) is 60.5 Å². The number of nitrogens with one attached hydrogen (secondary N) is 1. The summed E-state index contributed by atoms with van der Waals surface area (Å²) in [7, 11) is 0. The number of allylic oxidation sites excluding steroid dienone is 2. The van der Waals surface area contributed by atoms with Crippen LogP contribution in [0, 0.1) is 46.3 Å². The smallest absolute Gasteiger partial charge is 0.331 e. The first-order chi connectivity index (χ1) is 12.6. The summed E-state index contributed by atoms with van der Waals surface area (Å²) >= 11 is 0. The SMILES string of the molecule is CC[C@]12CCC3C(C4CC4C4=CC(=N)CC[C@@H]43)C1CC[C@@]21C=CC(=O)O1. The predicted octanol–water partition coefficient (Wildman–Crippen LogP) is 4.68. The van der Waals surface area contributed by atoms with Crippen LogP contribution in [-0.2, 0) is 9.53 Å². The van der Waals surface area contributed by atoms with Crippen LogP contribution < -0.4 is 0 Å². The monoisotopic (exact) mass is 351 g/mol. The van der Waals surface area contributed by atoms with Crippen molar-refractivity contribution in [3.05, 3.63) is 23.8 Å². The summed E-state index contributed by atoms with van der Waals surface area (Å²) in [6.07, 6.45) is 15.5. The molecule has 1 aliphatic heterocycles. The van der Waals surface area contributed by atoms with Gasteiger partial charge in [0, 0.05) is 17.2 Å². The molecule has 0 aromatic heterocycles. The molecule has 5 aliphatic carbocycles. The Morgan fingerprint density at radius 3 is 2.85 bits per heavy atom. The van der Waals surface area contributed by atoms with Crippen molar-refractivity contribution in [1.29, 1.82) is 5.41 Å². The van der Waals surface area contributed by atoms with Gasteiger partial charge in [-0.3, -0.25) is 0 Å². The topological polar surface area (TPSA) is 50.2 Å². The minimum atomic E-state index is -0.302. The molecular weight excluding hydrogens is 322 g/mol.